The molecule has 0 aliphatic carbocycles. The third kappa shape index (κ3) is 1.57. The molecule has 60 valence electrons. The molecule has 0 atom stereocenters. The maximum Gasteiger partial charge on any atom is 0.267 e. The first-order valence-corrected chi connectivity index (χ1v) is 3.12. The number of aromatic hydroxyl groups is 1. The summed E-state index contributed by atoms with van der Waals surface area (Å²) in [6, 6.07) is 1.02. The van der Waals surface area contributed by atoms with Gasteiger partial charge < -0.3 is 5.11 Å². The predicted molar refractivity (Wildman–Crippen MR) is 35.9 cm³/mol. The summed E-state index contributed by atoms with van der Waals surface area (Å²) < 4.78 is 23.9. The minimum absolute atomic E-state index is 0.303. The molecule has 0 aliphatic heterocycles. The summed E-state index contributed by atoms with van der Waals surface area (Å²) in [5, 5.41) is 8.59. The average Bonchev–Trinajstić information content (AvgIpc) is 1.94. The van der Waals surface area contributed by atoms with Crippen LogP contribution < -0.4 is 0 Å². The van der Waals surface area contributed by atoms with Crippen molar-refractivity contribution in [3.8, 4) is 5.75 Å². The molecule has 1 aromatic heterocycles. The number of nitrogens with zero attached hydrogens (tertiary/aromatic N) is 1. The molecule has 1 N–H and O–H groups in total. The smallest absolute Gasteiger partial charge is 0.267 e. The number of rotatable bonds is 1. The van der Waals surface area contributed by atoms with Crippen LogP contribution in [0.15, 0.2) is 12.3 Å². The van der Waals surface area contributed by atoms with Gasteiger partial charge in [0.2, 0.25) is 0 Å². The third-order valence-corrected chi connectivity index (χ3v) is 1.42. The van der Waals surface area contributed by atoms with E-state index in [1.54, 1.807) is 0 Å². The summed E-state index contributed by atoms with van der Waals surface area (Å²) in [6.45, 7) is 0. The van der Waals surface area contributed by atoms with Gasteiger partial charge in [-0.3, -0.25) is 0 Å². The Hall–Kier alpha value is -0.900. The molecule has 0 aliphatic rings. The van der Waals surface area contributed by atoms with Gasteiger partial charge in [-0.25, -0.2) is 13.8 Å². The summed E-state index contributed by atoms with van der Waals surface area (Å²) in [4.78, 5) is 3.40. The fraction of sp³-hybridized carbons (Fsp3) is 0.167. The molecular weight excluding hydrogens is 176 g/mol. The fourth-order valence-electron chi connectivity index (χ4n) is 0.618. The maximum absolute atomic E-state index is 12.0. The Bertz CT molecular complexity index is 267. The Morgan fingerprint density at radius 3 is 2.64 bits per heavy atom. The second-order valence-corrected chi connectivity index (χ2v) is 2.20. The van der Waals surface area contributed by atoms with Crippen molar-refractivity contribution in [3.05, 3.63) is 23.0 Å². The quantitative estimate of drug-likeness (QED) is 0.672. The molecule has 0 unspecified atom stereocenters. The van der Waals surface area contributed by atoms with Crippen LogP contribution in [0.2, 0.25) is 5.15 Å². The average molecular weight is 180 g/mol. The first-order chi connectivity index (χ1) is 5.13. The van der Waals surface area contributed by atoms with E-state index < -0.39 is 17.7 Å². The van der Waals surface area contributed by atoms with Gasteiger partial charge in [0.05, 0.1) is 5.56 Å². The summed E-state index contributed by atoms with van der Waals surface area (Å²) in [5.41, 5.74) is -0.495. The molecule has 0 spiro atoms. The van der Waals surface area contributed by atoms with Crippen LogP contribution in [0.4, 0.5) is 8.78 Å². The number of aromatic nitrogens is 1. The zero-order valence-electron chi connectivity index (χ0n) is 5.26. The summed E-state index contributed by atoms with van der Waals surface area (Å²) >= 11 is 5.26. The van der Waals surface area contributed by atoms with Crippen molar-refractivity contribution in [1.29, 1.82) is 0 Å². The molecule has 0 amide bonds. The Labute approximate surface area is 66.4 Å². The molecule has 1 heterocycles. The largest absolute Gasteiger partial charge is 0.504 e. The highest BCUT2D eigenvalue weighted by atomic mass is 35.5. The summed E-state index contributed by atoms with van der Waals surface area (Å²) in [5.74, 6) is -0.649. The SMILES string of the molecule is Oc1c(C(F)F)ccnc1Cl. The van der Waals surface area contributed by atoms with Crippen molar-refractivity contribution in [2.24, 2.45) is 0 Å². The number of hydrogen-bond acceptors (Lipinski definition) is 2. The Balaban J connectivity index is 3.17. The van der Waals surface area contributed by atoms with E-state index in [1.807, 2.05) is 0 Å². The van der Waals surface area contributed by atoms with Crippen LogP contribution in [-0.4, -0.2) is 10.1 Å². The second-order valence-electron chi connectivity index (χ2n) is 1.84. The molecule has 1 aromatic rings. The zero-order chi connectivity index (χ0) is 8.43. The van der Waals surface area contributed by atoms with E-state index in [9.17, 15) is 8.78 Å². The van der Waals surface area contributed by atoms with Gasteiger partial charge in [-0.2, -0.15) is 0 Å². The topological polar surface area (TPSA) is 33.1 Å². The molecular formula is C6H4ClF2NO. The Morgan fingerprint density at radius 2 is 2.18 bits per heavy atom. The van der Waals surface area contributed by atoms with E-state index in [0.29, 0.717) is 0 Å². The lowest BCUT2D eigenvalue weighted by Crippen LogP contribution is -1.87. The maximum atomic E-state index is 12.0. The van der Waals surface area contributed by atoms with E-state index in [1.165, 1.54) is 0 Å². The minimum atomic E-state index is -2.73. The van der Waals surface area contributed by atoms with Crippen LogP contribution in [0.1, 0.15) is 12.0 Å². The predicted octanol–water partition coefficient (Wildman–Crippen LogP) is 2.38. The zero-order valence-corrected chi connectivity index (χ0v) is 6.02. The first-order valence-electron chi connectivity index (χ1n) is 2.74. The summed E-state index contributed by atoms with van der Waals surface area (Å²) in [7, 11) is 0. The lowest BCUT2D eigenvalue weighted by molar-refractivity contribution is 0.147. The third-order valence-electron chi connectivity index (χ3n) is 1.15. The van der Waals surface area contributed by atoms with Gasteiger partial charge in [0.1, 0.15) is 0 Å². The highest BCUT2D eigenvalue weighted by Crippen LogP contribution is 2.31. The molecule has 1 rings (SSSR count). The lowest BCUT2D eigenvalue weighted by Gasteiger charge is -2.02. The van der Waals surface area contributed by atoms with Gasteiger partial charge in [0, 0.05) is 6.20 Å². The van der Waals surface area contributed by atoms with Crippen molar-refractivity contribution < 1.29 is 13.9 Å². The number of pyridine rings is 1. The van der Waals surface area contributed by atoms with Gasteiger partial charge in [-0.05, 0) is 6.07 Å². The normalized spacial score (nSPS) is 10.5. The molecule has 2 nitrogen and oxygen atoms in total. The van der Waals surface area contributed by atoms with E-state index in [4.69, 9.17) is 16.7 Å². The van der Waals surface area contributed by atoms with Crippen LogP contribution in [-0.2, 0) is 0 Å². The lowest BCUT2D eigenvalue weighted by atomic mass is 10.2. The molecule has 0 radical (unpaired) electrons. The molecule has 0 fully saturated rings. The van der Waals surface area contributed by atoms with Crippen molar-refractivity contribution in [2.75, 3.05) is 0 Å². The minimum Gasteiger partial charge on any atom is -0.504 e. The molecule has 0 bridgehead atoms. The van der Waals surface area contributed by atoms with E-state index in [2.05, 4.69) is 4.98 Å². The van der Waals surface area contributed by atoms with Crippen molar-refractivity contribution in [1.82, 2.24) is 4.98 Å². The highest BCUT2D eigenvalue weighted by Gasteiger charge is 2.14. The monoisotopic (exact) mass is 179 g/mol. The number of alkyl halides is 2. The Kier molecular flexibility index (Phi) is 2.24. The standard InChI is InChI=1S/C6H4ClF2NO/c7-5-4(11)3(6(8)9)1-2-10-5/h1-2,6,11H. The molecule has 0 aromatic carbocycles. The van der Waals surface area contributed by atoms with Gasteiger partial charge in [0.25, 0.3) is 6.43 Å². The van der Waals surface area contributed by atoms with Crippen LogP contribution in [0.5, 0.6) is 5.75 Å². The van der Waals surface area contributed by atoms with E-state index >= 15 is 0 Å². The summed E-state index contributed by atoms with van der Waals surface area (Å²) in [6.07, 6.45) is -1.61. The number of halogens is 3. The highest BCUT2D eigenvalue weighted by molar-refractivity contribution is 6.30. The van der Waals surface area contributed by atoms with E-state index in [-0.39, 0.29) is 5.15 Å². The Morgan fingerprint density at radius 1 is 1.55 bits per heavy atom. The van der Waals surface area contributed by atoms with Gasteiger partial charge in [0.15, 0.2) is 10.9 Å². The van der Waals surface area contributed by atoms with Crippen molar-refractivity contribution in [3.63, 3.8) is 0 Å². The van der Waals surface area contributed by atoms with Crippen LogP contribution >= 0.6 is 11.6 Å². The molecule has 0 saturated heterocycles. The van der Waals surface area contributed by atoms with Crippen LogP contribution in [0.3, 0.4) is 0 Å². The van der Waals surface area contributed by atoms with Crippen molar-refractivity contribution >= 4 is 11.6 Å². The van der Waals surface area contributed by atoms with Gasteiger partial charge in [-0.1, -0.05) is 11.6 Å². The number of hydrogen-bond donors (Lipinski definition) is 1. The molecule has 11 heavy (non-hydrogen) atoms. The first kappa shape index (κ1) is 8.20. The van der Waals surface area contributed by atoms with Crippen LogP contribution in [0.25, 0.3) is 0 Å². The van der Waals surface area contributed by atoms with Crippen molar-refractivity contribution in [2.45, 2.75) is 6.43 Å². The van der Waals surface area contributed by atoms with Gasteiger partial charge >= 0.3 is 0 Å². The second kappa shape index (κ2) is 3.00. The molecule has 5 heteroatoms. The van der Waals surface area contributed by atoms with Gasteiger partial charge in [-0.15, -0.1) is 0 Å². The fourth-order valence-corrected chi connectivity index (χ4v) is 0.784. The van der Waals surface area contributed by atoms with E-state index in [0.717, 1.165) is 12.3 Å². The molecule has 0 saturated carbocycles. The van der Waals surface area contributed by atoms with Crippen LogP contribution in [0, 0.1) is 0 Å².